The van der Waals surface area contributed by atoms with Gasteiger partial charge in [0.15, 0.2) is 0 Å². The van der Waals surface area contributed by atoms with E-state index in [-0.39, 0.29) is 11.9 Å². The Bertz CT molecular complexity index is 375. The van der Waals surface area contributed by atoms with E-state index in [0.717, 1.165) is 36.2 Å². The van der Waals surface area contributed by atoms with Crippen molar-refractivity contribution in [3.8, 4) is 0 Å². The highest BCUT2D eigenvalue weighted by Crippen LogP contribution is 2.20. The minimum Gasteiger partial charge on any atom is -0.324 e. The van der Waals surface area contributed by atoms with Crippen LogP contribution in [0.5, 0.6) is 0 Å². The third kappa shape index (κ3) is 2.25. The molecule has 1 aromatic carbocycles. The smallest absolute Gasteiger partial charge is 0.241 e. The summed E-state index contributed by atoms with van der Waals surface area (Å²) in [5.74, 6) is 0.0925. The fourth-order valence-electron chi connectivity index (χ4n) is 2.13. The molecule has 1 aromatic rings. The van der Waals surface area contributed by atoms with Crippen molar-refractivity contribution in [1.82, 2.24) is 5.32 Å². The van der Waals surface area contributed by atoms with Gasteiger partial charge in [0.25, 0.3) is 0 Å². The van der Waals surface area contributed by atoms with E-state index in [4.69, 9.17) is 0 Å². The van der Waals surface area contributed by atoms with Crippen molar-refractivity contribution in [3.63, 3.8) is 0 Å². The molecular weight excluding hydrogens is 200 g/mol. The minimum absolute atomic E-state index is 0.0148. The lowest BCUT2D eigenvalue weighted by Crippen LogP contribution is -2.35. The lowest BCUT2D eigenvalue weighted by Gasteiger charge is -2.14. The number of hydrogen-bond donors (Lipinski definition) is 2. The molecular formula is C13H18N2O. The highest BCUT2D eigenvalue weighted by Gasteiger charge is 2.22. The van der Waals surface area contributed by atoms with Crippen molar-refractivity contribution in [1.29, 1.82) is 0 Å². The molecule has 1 saturated heterocycles. The molecule has 2 N–H and O–H groups in total. The summed E-state index contributed by atoms with van der Waals surface area (Å²) in [6.07, 6.45) is 2.03. The number of carbonyl (C=O) groups excluding carboxylic acids is 1. The Morgan fingerprint density at radius 2 is 2.06 bits per heavy atom. The van der Waals surface area contributed by atoms with Gasteiger partial charge in [-0.2, -0.15) is 0 Å². The highest BCUT2D eigenvalue weighted by atomic mass is 16.2. The summed E-state index contributed by atoms with van der Waals surface area (Å²) in [5.41, 5.74) is 3.19. The van der Waals surface area contributed by atoms with Crippen molar-refractivity contribution in [3.05, 3.63) is 29.3 Å². The number of anilines is 1. The van der Waals surface area contributed by atoms with E-state index >= 15 is 0 Å². The van der Waals surface area contributed by atoms with E-state index in [1.165, 1.54) is 0 Å². The maximum absolute atomic E-state index is 11.9. The molecule has 2 rings (SSSR count). The standard InChI is InChI=1S/C13H18N2O/c1-9-5-3-6-10(2)12(9)15-13(16)11-7-4-8-14-11/h3,5-6,11,14H,4,7-8H2,1-2H3,(H,15,16)/t11-/m1/s1. The fraction of sp³-hybridized carbons (Fsp3) is 0.462. The van der Waals surface area contributed by atoms with E-state index < -0.39 is 0 Å². The van der Waals surface area contributed by atoms with Crippen LogP contribution < -0.4 is 10.6 Å². The molecule has 1 heterocycles. The molecule has 0 bridgehead atoms. The summed E-state index contributed by atoms with van der Waals surface area (Å²) in [6, 6.07) is 6.03. The van der Waals surface area contributed by atoms with Gasteiger partial charge in [-0.1, -0.05) is 18.2 Å². The first-order chi connectivity index (χ1) is 7.68. The van der Waals surface area contributed by atoms with Gasteiger partial charge in [-0.05, 0) is 44.4 Å². The first-order valence-electron chi connectivity index (χ1n) is 5.79. The summed E-state index contributed by atoms with van der Waals surface area (Å²) in [7, 11) is 0. The third-order valence-corrected chi connectivity index (χ3v) is 3.11. The van der Waals surface area contributed by atoms with Gasteiger partial charge in [-0.25, -0.2) is 0 Å². The SMILES string of the molecule is Cc1cccc(C)c1NC(=O)[C@H]1CCCN1. The normalized spacial score (nSPS) is 19.8. The second-order valence-electron chi connectivity index (χ2n) is 4.40. The zero-order valence-corrected chi connectivity index (χ0v) is 9.84. The van der Waals surface area contributed by atoms with E-state index in [2.05, 4.69) is 10.6 Å². The number of para-hydroxylation sites is 1. The first kappa shape index (κ1) is 11.1. The van der Waals surface area contributed by atoms with Crippen molar-refractivity contribution in [2.24, 2.45) is 0 Å². The Balaban J connectivity index is 2.11. The van der Waals surface area contributed by atoms with Gasteiger partial charge in [0.2, 0.25) is 5.91 Å². The molecule has 1 atom stereocenters. The molecule has 3 nitrogen and oxygen atoms in total. The monoisotopic (exact) mass is 218 g/mol. The predicted molar refractivity (Wildman–Crippen MR) is 65.6 cm³/mol. The second kappa shape index (κ2) is 4.66. The van der Waals surface area contributed by atoms with Crippen LogP contribution in [0, 0.1) is 13.8 Å². The van der Waals surface area contributed by atoms with Crippen LogP contribution in [0.25, 0.3) is 0 Å². The number of aryl methyl sites for hydroxylation is 2. The van der Waals surface area contributed by atoms with Crippen LogP contribution in [-0.4, -0.2) is 18.5 Å². The Hall–Kier alpha value is -1.35. The Morgan fingerprint density at radius 3 is 2.62 bits per heavy atom. The van der Waals surface area contributed by atoms with Crippen LogP contribution in [0.2, 0.25) is 0 Å². The van der Waals surface area contributed by atoms with Gasteiger partial charge in [0.1, 0.15) is 0 Å². The number of hydrogen-bond acceptors (Lipinski definition) is 2. The number of rotatable bonds is 2. The van der Waals surface area contributed by atoms with Gasteiger partial charge >= 0.3 is 0 Å². The Kier molecular flexibility index (Phi) is 3.25. The molecule has 1 aliphatic heterocycles. The van der Waals surface area contributed by atoms with Crippen molar-refractivity contribution in [2.75, 3.05) is 11.9 Å². The summed E-state index contributed by atoms with van der Waals surface area (Å²) in [5, 5.41) is 6.22. The van der Waals surface area contributed by atoms with Gasteiger partial charge in [0.05, 0.1) is 6.04 Å². The molecule has 0 radical (unpaired) electrons. The number of amides is 1. The lowest BCUT2D eigenvalue weighted by atomic mass is 10.1. The van der Waals surface area contributed by atoms with Gasteiger partial charge in [0, 0.05) is 5.69 Å². The molecule has 3 heteroatoms. The highest BCUT2D eigenvalue weighted by molar-refractivity contribution is 5.96. The minimum atomic E-state index is -0.0148. The topological polar surface area (TPSA) is 41.1 Å². The molecule has 1 amide bonds. The maximum Gasteiger partial charge on any atom is 0.241 e. The zero-order chi connectivity index (χ0) is 11.5. The Morgan fingerprint density at radius 1 is 1.38 bits per heavy atom. The summed E-state index contributed by atoms with van der Waals surface area (Å²) >= 11 is 0. The van der Waals surface area contributed by atoms with Crippen LogP contribution in [0.15, 0.2) is 18.2 Å². The molecule has 0 aliphatic carbocycles. The average Bonchev–Trinajstić information content (AvgIpc) is 2.76. The summed E-state index contributed by atoms with van der Waals surface area (Å²) < 4.78 is 0. The van der Waals surface area contributed by atoms with E-state index in [9.17, 15) is 4.79 Å². The quantitative estimate of drug-likeness (QED) is 0.797. The average molecular weight is 218 g/mol. The van der Waals surface area contributed by atoms with Crippen LogP contribution >= 0.6 is 0 Å². The van der Waals surface area contributed by atoms with Gasteiger partial charge < -0.3 is 10.6 Å². The number of benzene rings is 1. The molecule has 1 fully saturated rings. The van der Waals surface area contributed by atoms with Crippen LogP contribution in [-0.2, 0) is 4.79 Å². The Labute approximate surface area is 96.2 Å². The molecule has 1 aliphatic rings. The number of carbonyl (C=O) groups is 1. The van der Waals surface area contributed by atoms with E-state index in [0.29, 0.717) is 0 Å². The van der Waals surface area contributed by atoms with Crippen molar-refractivity contribution < 1.29 is 4.79 Å². The lowest BCUT2D eigenvalue weighted by molar-refractivity contribution is -0.117. The second-order valence-corrected chi connectivity index (χ2v) is 4.40. The van der Waals surface area contributed by atoms with Crippen LogP contribution in [0.3, 0.4) is 0 Å². The van der Waals surface area contributed by atoms with Crippen LogP contribution in [0.4, 0.5) is 5.69 Å². The van der Waals surface area contributed by atoms with E-state index in [1.807, 2.05) is 32.0 Å². The number of nitrogens with one attached hydrogen (secondary N) is 2. The zero-order valence-electron chi connectivity index (χ0n) is 9.84. The molecule has 0 unspecified atom stereocenters. The molecule has 86 valence electrons. The molecule has 0 saturated carbocycles. The van der Waals surface area contributed by atoms with Crippen LogP contribution in [0.1, 0.15) is 24.0 Å². The molecule has 0 spiro atoms. The first-order valence-corrected chi connectivity index (χ1v) is 5.79. The fourth-order valence-corrected chi connectivity index (χ4v) is 2.13. The van der Waals surface area contributed by atoms with Gasteiger partial charge in [-0.3, -0.25) is 4.79 Å². The molecule has 16 heavy (non-hydrogen) atoms. The summed E-state index contributed by atoms with van der Waals surface area (Å²) in [4.78, 5) is 11.9. The van der Waals surface area contributed by atoms with Crippen molar-refractivity contribution in [2.45, 2.75) is 32.7 Å². The largest absolute Gasteiger partial charge is 0.324 e. The summed E-state index contributed by atoms with van der Waals surface area (Å²) in [6.45, 7) is 4.99. The predicted octanol–water partition coefficient (Wildman–Crippen LogP) is 1.99. The maximum atomic E-state index is 11.9. The molecule has 0 aromatic heterocycles. The van der Waals surface area contributed by atoms with Gasteiger partial charge in [-0.15, -0.1) is 0 Å². The van der Waals surface area contributed by atoms with E-state index in [1.54, 1.807) is 0 Å². The van der Waals surface area contributed by atoms with Crippen molar-refractivity contribution >= 4 is 11.6 Å². The third-order valence-electron chi connectivity index (χ3n) is 3.11.